The van der Waals surface area contributed by atoms with Gasteiger partial charge in [-0.05, 0) is 37.6 Å². The molecule has 2 heterocycles. The number of aromatic nitrogens is 2. The summed E-state index contributed by atoms with van der Waals surface area (Å²) in [6.07, 6.45) is -4.58. The van der Waals surface area contributed by atoms with Crippen LogP contribution in [0.25, 0.3) is 0 Å². The van der Waals surface area contributed by atoms with Gasteiger partial charge in [0, 0.05) is 6.07 Å². The van der Waals surface area contributed by atoms with Gasteiger partial charge < -0.3 is 9.73 Å². The van der Waals surface area contributed by atoms with Gasteiger partial charge in [0.25, 0.3) is 0 Å². The Kier molecular flexibility index (Phi) is 3.89. The second-order valence-electron chi connectivity index (χ2n) is 4.22. The van der Waals surface area contributed by atoms with Gasteiger partial charge in [0.1, 0.15) is 17.3 Å². The smallest absolute Gasteiger partial charge is 0.433 e. The summed E-state index contributed by atoms with van der Waals surface area (Å²) in [6, 6.07) is 3.95. The molecule has 1 N–H and O–H groups in total. The summed E-state index contributed by atoms with van der Waals surface area (Å²) in [5.74, 6) is 1.29. The second-order valence-corrected chi connectivity index (χ2v) is 4.56. The molecule has 4 nitrogen and oxygen atoms in total. The molecule has 0 saturated heterocycles. The van der Waals surface area contributed by atoms with E-state index >= 15 is 0 Å². The van der Waals surface area contributed by atoms with Crippen LogP contribution < -0.4 is 5.32 Å². The zero-order chi connectivity index (χ0) is 14.9. The standard InChI is InChI=1S/C12H11ClF3N3O/c1-6-3-4-8(20-6)7(2)17-10-5-9(12(14,15)16)18-11(13)19-10/h3-5,7H,1-2H3,(H,17,18,19). The fourth-order valence-corrected chi connectivity index (χ4v) is 1.80. The summed E-state index contributed by atoms with van der Waals surface area (Å²) >= 11 is 5.50. The highest BCUT2D eigenvalue weighted by molar-refractivity contribution is 6.28. The monoisotopic (exact) mass is 305 g/mol. The third kappa shape index (κ3) is 3.41. The fraction of sp³-hybridized carbons (Fsp3) is 0.333. The molecule has 0 spiro atoms. The van der Waals surface area contributed by atoms with Gasteiger partial charge in [0.2, 0.25) is 5.28 Å². The molecular weight excluding hydrogens is 295 g/mol. The van der Waals surface area contributed by atoms with Gasteiger partial charge in [-0.25, -0.2) is 9.97 Å². The average molecular weight is 306 g/mol. The van der Waals surface area contributed by atoms with E-state index in [1.165, 1.54) is 0 Å². The molecule has 0 radical (unpaired) electrons. The minimum absolute atomic E-state index is 0.0149. The lowest BCUT2D eigenvalue weighted by Crippen LogP contribution is -2.12. The minimum Gasteiger partial charge on any atom is -0.464 e. The quantitative estimate of drug-likeness (QED) is 0.862. The van der Waals surface area contributed by atoms with Crippen molar-refractivity contribution in [2.75, 3.05) is 5.32 Å². The molecule has 0 aromatic carbocycles. The molecule has 2 rings (SSSR count). The van der Waals surface area contributed by atoms with E-state index in [-0.39, 0.29) is 11.9 Å². The largest absolute Gasteiger partial charge is 0.464 e. The number of hydrogen-bond donors (Lipinski definition) is 1. The Balaban J connectivity index is 2.23. The van der Waals surface area contributed by atoms with Gasteiger partial charge in [-0.1, -0.05) is 0 Å². The summed E-state index contributed by atoms with van der Waals surface area (Å²) in [5, 5.41) is 2.33. The summed E-state index contributed by atoms with van der Waals surface area (Å²) in [4.78, 5) is 6.88. The van der Waals surface area contributed by atoms with Gasteiger partial charge in [-0.2, -0.15) is 13.2 Å². The molecule has 1 unspecified atom stereocenters. The highest BCUT2D eigenvalue weighted by Crippen LogP contribution is 2.30. The van der Waals surface area contributed by atoms with E-state index in [2.05, 4.69) is 15.3 Å². The highest BCUT2D eigenvalue weighted by atomic mass is 35.5. The molecule has 1 atom stereocenters. The number of furan rings is 1. The molecule has 108 valence electrons. The van der Waals surface area contributed by atoms with Gasteiger partial charge in [-0.15, -0.1) is 0 Å². The second kappa shape index (κ2) is 5.32. The first-order chi connectivity index (χ1) is 9.25. The summed E-state index contributed by atoms with van der Waals surface area (Å²) in [6.45, 7) is 3.51. The Morgan fingerprint density at radius 2 is 2.00 bits per heavy atom. The van der Waals surface area contributed by atoms with Crippen LogP contribution in [0, 0.1) is 6.92 Å². The van der Waals surface area contributed by atoms with Crippen LogP contribution in [-0.4, -0.2) is 9.97 Å². The third-order valence-corrected chi connectivity index (χ3v) is 2.71. The molecule has 8 heteroatoms. The van der Waals surface area contributed by atoms with Crippen molar-refractivity contribution >= 4 is 17.4 Å². The maximum absolute atomic E-state index is 12.6. The third-order valence-electron chi connectivity index (χ3n) is 2.54. The Morgan fingerprint density at radius 1 is 1.30 bits per heavy atom. The zero-order valence-corrected chi connectivity index (χ0v) is 11.4. The minimum atomic E-state index is -4.58. The van der Waals surface area contributed by atoms with E-state index in [1.54, 1.807) is 26.0 Å². The number of halogens is 4. The van der Waals surface area contributed by atoms with Gasteiger partial charge >= 0.3 is 6.18 Å². The predicted molar refractivity (Wildman–Crippen MR) is 67.5 cm³/mol. The van der Waals surface area contributed by atoms with Crippen molar-refractivity contribution in [3.63, 3.8) is 0 Å². The van der Waals surface area contributed by atoms with Crippen molar-refractivity contribution in [3.8, 4) is 0 Å². The Morgan fingerprint density at radius 3 is 2.55 bits per heavy atom. The predicted octanol–water partition coefficient (Wildman–Crippen LogP) is 4.22. The lowest BCUT2D eigenvalue weighted by molar-refractivity contribution is -0.141. The maximum atomic E-state index is 12.6. The lowest BCUT2D eigenvalue weighted by atomic mass is 10.2. The average Bonchev–Trinajstić information content (AvgIpc) is 2.74. The van der Waals surface area contributed by atoms with Crippen molar-refractivity contribution < 1.29 is 17.6 Å². The van der Waals surface area contributed by atoms with Crippen LogP contribution in [0.1, 0.15) is 30.2 Å². The van der Waals surface area contributed by atoms with Crippen molar-refractivity contribution in [3.05, 3.63) is 40.7 Å². The number of alkyl halides is 3. The number of anilines is 1. The Hall–Kier alpha value is -1.76. The topological polar surface area (TPSA) is 51.0 Å². The summed E-state index contributed by atoms with van der Waals surface area (Å²) in [7, 11) is 0. The van der Waals surface area contributed by atoms with Crippen molar-refractivity contribution in [2.45, 2.75) is 26.1 Å². The van der Waals surface area contributed by atoms with E-state index in [9.17, 15) is 13.2 Å². The van der Waals surface area contributed by atoms with E-state index < -0.39 is 17.2 Å². The normalized spacial score (nSPS) is 13.3. The number of nitrogens with zero attached hydrogens (tertiary/aromatic N) is 2. The van der Waals surface area contributed by atoms with Crippen LogP contribution in [-0.2, 0) is 6.18 Å². The number of nitrogens with one attached hydrogen (secondary N) is 1. The SMILES string of the molecule is Cc1ccc(C(C)Nc2cc(C(F)(F)F)nc(Cl)n2)o1. The summed E-state index contributed by atoms with van der Waals surface area (Å²) < 4.78 is 43.2. The first kappa shape index (κ1) is 14.6. The maximum Gasteiger partial charge on any atom is 0.433 e. The highest BCUT2D eigenvalue weighted by Gasteiger charge is 2.33. The molecular formula is C12H11ClF3N3O. The van der Waals surface area contributed by atoms with E-state index in [1.807, 2.05) is 0 Å². The Labute approximate surface area is 118 Å². The van der Waals surface area contributed by atoms with Gasteiger partial charge in [-0.3, -0.25) is 0 Å². The molecule has 0 aliphatic heterocycles. The molecule has 2 aromatic heterocycles. The number of aryl methyl sites for hydroxylation is 1. The van der Waals surface area contributed by atoms with Crippen LogP contribution in [0.15, 0.2) is 22.6 Å². The molecule has 2 aromatic rings. The van der Waals surface area contributed by atoms with Crippen molar-refractivity contribution in [2.24, 2.45) is 0 Å². The van der Waals surface area contributed by atoms with E-state index in [4.69, 9.17) is 16.0 Å². The number of hydrogen-bond acceptors (Lipinski definition) is 4. The summed E-state index contributed by atoms with van der Waals surface area (Å²) in [5.41, 5.74) is -1.09. The molecule has 0 saturated carbocycles. The lowest BCUT2D eigenvalue weighted by Gasteiger charge is -2.14. The molecule has 0 fully saturated rings. The Bertz CT molecular complexity index is 612. The fourth-order valence-electron chi connectivity index (χ4n) is 1.62. The molecule has 0 amide bonds. The van der Waals surface area contributed by atoms with Gasteiger partial charge in [0.05, 0.1) is 6.04 Å². The van der Waals surface area contributed by atoms with Crippen LogP contribution in [0.2, 0.25) is 5.28 Å². The van der Waals surface area contributed by atoms with Crippen molar-refractivity contribution in [1.82, 2.24) is 9.97 Å². The van der Waals surface area contributed by atoms with Crippen LogP contribution in [0.4, 0.5) is 19.0 Å². The molecule has 0 aliphatic rings. The van der Waals surface area contributed by atoms with Crippen molar-refractivity contribution in [1.29, 1.82) is 0 Å². The first-order valence-corrected chi connectivity index (χ1v) is 6.08. The van der Waals surface area contributed by atoms with E-state index in [0.29, 0.717) is 11.5 Å². The number of rotatable bonds is 3. The zero-order valence-electron chi connectivity index (χ0n) is 10.6. The van der Waals surface area contributed by atoms with Crippen LogP contribution >= 0.6 is 11.6 Å². The molecule has 0 aliphatic carbocycles. The molecule has 0 bridgehead atoms. The van der Waals surface area contributed by atoms with E-state index in [0.717, 1.165) is 6.07 Å². The van der Waals surface area contributed by atoms with Crippen LogP contribution in [0.3, 0.4) is 0 Å². The van der Waals surface area contributed by atoms with Crippen LogP contribution in [0.5, 0.6) is 0 Å². The molecule has 20 heavy (non-hydrogen) atoms. The van der Waals surface area contributed by atoms with Gasteiger partial charge in [0.15, 0.2) is 5.69 Å². The first-order valence-electron chi connectivity index (χ1n) is 5.70.